The van der Waals surface area contributed by atoms with Crippen molar-refractivity contribution in [2.24, 2.45) is 11.8 Å². The van der Waals surface area contributed by atoms with Crippen LogP contribution in [0.2, 0.25) is 0 Å². The third-order valence-corrected chi connectivity index (χ3v) is 3.96. The molecule has 1 saturated carbocycles. The molecule has 2 unspecified atom stereocenters. The van der Waals surface area contributed by atoms with Crippen molar-refractivity contribution in [2.75, 3.05) is 5.43 Å². The Kier molecular flexibility index (Phi) is 4.89. The van der Waals surface area contributed by atoms with Gasteiger partial charge < -0.3 is 4.74 Å². The highest BCUT2D eigenvalue weighted by Gasteiger charge is 2.30. The molecule has 0 bridgehead atoms. The maximum atomic E-state index is 11.2. The highest BCUT2D eigenvalue weighted by molar-refractivity contribution is 5.48. The molecule has 1 heterocycles. The summed E-state index contributed by atoms with van der Waals surface area (Å²) in [6.07, 6.45) is 5.18. The first-order valence-electron chi connectivity index (χ1n) is 7.23. The first kappa shape index (κ1) is 15.4. The quantitative estimate of drug-likeness (QED) is 0.486. The van der Waals surface area contributed by atoms with Crippen molar-refractivity contribution in [2.45, 2.75) is 52.1 Å². The van der Waals surface area contributed by atoms with E-state index < -0.39 is 4.92 Å². The molecule has 2 atom stereocenters. The number of nitro groups is 1. The zero-order chi connectivity index (χ0) is 15.4. The standard InChI is InChI=1S/C13H21N5O3/c1-3-9-6-4-5-7-10(9)21-12-11(18(19)20)8(2)15-13(16-12)17-14/h9-10H,3-7,14H2,1-2H3,(H,15,16,17). The number of aryl methyl sites for hydroxylation is 1. The van der Waals surface area contributed by atoms with Crippen molar-refractivity contribution in [1.82, 2.24) is 9.97 Å². The van der Waals surface area contributed by atoms with E-state index in [4.69, 9.17) is 10.6 Å². The number of nitrogens with two attached hydrogens (primary N) is 1. The molecule has 0 saturated heterocycles. The molecule has 21 heavy (non-hydrogen) atoms. The molecule has 3 N–H and O–H groups in total. The van der Waals surface area contributed by atoms with Crippen molar-refractivity contribution < 1.29 is 9.66 Å². The van der Waals surface area contributed by atoms with Crippen molar-refractivity contribution >= 4 is 11.6 Å². The molecule has 1 aromatic rings. The molecule has 116 valence electrons. The highest BCUT2D eigenvalue weighted by Crippen LogP contribution is 2.34. The van der Waals surface area contributed by atoms with Crippen LogP contribution in [0.4, 0.5) is 11.6 Å². The number of rotatable bonds is 5. The van der Waals surface area contributed by atoms with Crippen LogP contribution in [0.5, 0.6) is 5.88 Å². The lowest BCUT2D eigenvalue weighted by molar-refractivity contribution is -0.387. The van der Waals surface area contributed by atoms with Crippen LogP contribution in [0, 0.1) is 23.0 Å². The van der Waals surface area contributed by atoms with E-state index in [1.54, 1.807) is 6.92 Å². The van der Waals surface area contributed by atoms with Gasteiger partial charge in [0.2, 0.25) is 5.95 Å². The van der Waals surface area contributed by atoms with Gasteiger partial charge in [-0.2, -0.15) is 4.98 Å². The maximum absolute atomic E-state index is 11.2. The largest absolute Gasteiger partial charge is 0.469 e. The summed E-state index contributed by atoms with van der Waals surface area (Å²) in [7, 11) is 0. The zero-order valence-corrected chi connectivity index (χ0v) is 12.3. The number of anilines is 1. The van der Waals surface area contributed by atoms with Gasteiger partial charge in [0.15, 0.2) is 0 Å². The van der Waals surface area contributed by atoms with E-state index >= 15 is 0 Å². The Morgan fingerprint density at radius 3 is 2.76 bits per heavy atom. The molecular formula is C13H21N5O3. The Labute approximate surface area is 123 Å². The zero-order valence-electron chi connectivity index (χ0n) is 12.3. The van der Waals surface area contributed by atoms with Gasteiger partial charge in [0, 0.05) is 0 Å². The van der Waals surface area contributed by atoms with Gasteiger partial charge >= 0.3 is 5.69 Å². The fraction of sp³-hybridized carbons (Fsp3) is 0.692. The average Bonchev–Trinajstić information content (AvgIpc) is 2.46. The number of nitrogens with one attached hydrogen (secondary N) is 1. The van der Waals surface area contributed by atoms with Crippen LogP contribution in [-0.4, -0.2) is 21.0 Å². The van der Waals surface area contributed by atoms with E-state index in [1.807, 2.05) is 0 Å². The Hall–Kier alpha value is -1.96. The Morgan fingerprint density at radius 2 is 2.14 bits per heavy atom. The predicted octanol–water partition coefficient (Wildman–Crippen LogP) is 2.33. The van der Waals surface area contributed by atoms with Gasteiger partial charge in [-0.25, -0.2) is 10.8 Å². The molecule has 0 aromatic carbocycles. The number of hydrogen-bond acceptors (Lipinski definition) is 7. The summed E-state index contributed by atoms with van der Waals surface area (Å²) in [5.74, 6) is 5.83. The van der Waals surface area contributed by atoms with Crippen LogP contribution in [0.3, 0.4) is 0 Å². The first-order valence-corrected chi connectivity index (χ1v) is 7.23. The summed E-state index contributed by atoms with van der Waals surface area (Å²) in [5.41, 5.74) is 2.36. The second kappa shape index (κ2) is 6.66. The second-order valence-electron chi connectivity index (χ2n) is 5.30. The van der Waals surface area contributed by atoms with Gasteiger partial charge in [-0.15, -0.1) is 0 Å². The fourth-order valence-electron chi connectivity index (χ4n) is 2.84. The number of ether oxygens (including phenoxy) is 1. The van der Waals surface area contributed by atoms with Crippen LogP contribution >= 0.6 is 0 Å². The van der Waals surface area contributed by atoms with E-state index in [2.05, 4.69) is 22.3 Å². The summed E-state index contributed by atoms with van der Waals surface area (Å²) >= 11 is 0. The van der Waals surface area contributed by atoms with Crippen LogP contribution < -0.4 is 16.0 Å². The molecule has 0 radical (unpaired) electrons. The first-order chi connectivity index (χ1) is 10.1. The number of nitrogens with zero attached hydrogens (tertiary/aromatic N) is 3. The molecule has 1 aromatic heterocycles. The van der Waals surface area contributed by atoms with Gasteiger partial charge in [0.05, 0.1) is 4.92 Å². The van der Waals surface area contributed by atoms with E-state index in [1.165, 1.54) is 6.42 Å². The lowest BCUT2D eigenvalue weighted by Crippen LogP contribution is -2.30. The average molecular weight is 295 g/mol. The lowest BCUT2D eigenvalue weighted by atomic mass is 9.85. The summed E-state index contributed by atoms with van der Waals surface area (Å²) in [4.78, 5) is 18.7. The Bertz CT molecular complexity index is 523. The van der Waals surface area contributed by atoms with Crippen LogP contribution in [-0.2, 0) is 0 Å². The Morgan fingerprint density at radius 1 is 1.43 bits per heavy atom. The van der Waals surface area contributed by atoms with Crippen LogP contribution in [0.15, 0.2) is 0 Å². The van der Waals surface area contributed by atoms with E-state index in [0.29, 0.717) is 5.92 Å². The minimum atomic E-state index is -0.505. The molecule has 0 aliphatic heterocycles. The molecule has 1 aliphatic rings. The summed E-state index contributed by atoms with van der Waals surface area (Å²) < 4.78 is 5.89. The predicted molar refractivity (Wildman–Crippen MR) is 77.9 cm³/mol. The third-order valence-electron chi connectivity index (χ3n) is 3.96. The number of nitrogen functional groups attached to an aromatic ring is 1. The van der Waals surface area contributed by atoms with E-state index in [0.717, 1.165) is 25.7 Å². The van der Waals surface area contributed by atoms with Crippen molar-refractivity contribution in [3.05, 3.63) is 15.8 Å². The van der Waals surface area contributed by atoms with Crippen molar-refractivity contribution in [3.8, 4) is 5.88 Å². The minimum absolute atomic E-state index is 0.00537. The van der Waals surface area contributed by atoms with Crippen LogP contribution in [0.1, 0.15) is 44.7 Å². The molecule has 8 nitrogen and oxygen atoms in total. The second-order valence-corrected chi connectivity index (χ2v) is 5.30. The lowest BCUT2D eigenvalue weighted by Gasteiger charge is -2.30. The topological polar surface area (TPSA) is 116 Å². The molecular weight excluding hydrogens is 274 g/mol. The molecule has 8 heteroatoms. The van der Waals surface area contributed by atoms with Gasteiger partial charge in [0.1, 0.15) is 11.8 Å². The number of hydrogen-bond donors (Lipinski definition) is 2. The summed E-state index contributed by atoms with van der Waals surface area (Å²) in [6.45, 7) is 3.66. The molecule has 0 amide bonds. The smallest absolute Gasteiger partial charge is 0.352 e. The van der Waals surface area contributed by atoms with Gasteiger partial charge in [-0.1, -0.05) is 13.3 Å². The van der Waals surface area contributed by atoms with Crippen LogP contribution in [0.25, 0.3) is 0 Å². The fourth-order valence-corrected chi connectivity index (χ4v) is 2.84. The molecule has 0 spiro atoms. The third kappa shape index (κ3) is 3.38. The van der Waals surface area contributed by atoms with Gasteiger partial charge in [0.25, 0.3) is 5.88 Å². The van der Waals surface area contributed by atoms with E-state index in [9.17, 15) is 10.1 Å². The Balaban J connectivity index is 2.32. The summed E-state index contributed by atoms with van der Waals surface area (Å²) in [6, 6.07) is 0. The normalized spacial score (nSPS) is 21.9. The van der Waals surface area contributed by atoms with Crippen molar-refractivity contribution in [3.63, 3.8) is 0 Å². The molecule has 2 rings (SSSR count). The molecule has 1 aliphatic carbocycles. The molecule has 1 fully saturated rings. The number of aromatic nitrogens is 2. The van der Waals surface area contributed by atoms with Gasteiger partial charge in [-0.05, 0) is 38.5 Å². The highest BCUT2D eigenvalue weighted by atomic mass is 16.6. The summed E-state index contributed by atoms with van der Waals surface area (Å²) in [5, 5.41) is 11.2. The van der Waals surface area contributed by atoms with E-state index in [-0.39, 0.29) is 29.3 Å². The van der Waals surface area contributed by atoms with Gasteiger partial charge in [-0.3, -0.25) is 15.5 Å². The maximum Gasteiger partial charge on any atom is 0.352 e. The van der Waals surface area contributed by atoms with Crippen molar-refractivity contribution in [1.29, 1.82) is 0 Å². The SMILES string of the molecule is CCC1CCCCC1Oc1nc(NN)nc(C)c1[N+](=O)[O-]. The number of hydrazine groups is 1. The monoisotopic (exact) mass is 295 g/mol. The minimum Gasteiger partial charge on any atom is -0.469 e.